The lowest BCUT2D eigenvalue weighted by molar-refractivity contribution is -0.116. The van der Waals surface area contributed by atoms with Crippen molar-refractivity contribution in [1.29, 1.82) is 0 Å². The van der Waals surface area contributed by atoms with Gasteiger partial charge in [0.15, 0.2) is 5.16 Å². The maximum Gasteiger partial charge on any atom is 0.281 e. The summed E-state index contributed by atoms with van der Waals surface area (Å²) >= 11 is 1.26. The van der Waals surface area contributed by atoms with Crippen LogP contribution in [0, 0.1) is 5.82 Å². The number of thioether (sulfide) groups is 1. The third kappa shape index (κ3) is 4.58. The Labute approximate surface area is 176 Å². The van der Waals surface area contributed by atoms with Crippen LogP contribution in [0.25, 0.3) is 10.9 Å². The number of carbonyl (C=O) groups is 1. The Balaban J connectivity index is 1.65. The van der Waals surface area contributed by atoms with Crippen LogP contribution < -0.4 is 11.0 Å². The molecule has 1 aromatic heterocycles. The Kier molecular flexibility index (Phi) is 5.90. The molecule has 0 spiro atoms. The van der Waals surface area contributed by atoms with E-state index < -0.39 is 0 Å². The predicted molar refractivity (Wildman–Crippen MR) is 116 cm³/mol. The smallest absolute Gasteiger partial charge is 0.273 e. The third-order valence-electron chi connectivity index (χ3n) is 4.45. The molecule has 1 N–H and O–H groups in total. The molecule has 1 amide bonds. The highest BCUT2D eigenvalue weighted by Gasteiger charge is 2.14. The van der Waals surface area contributed by atoms with Crippen LogP contribution in [0.5, 0.6) is 0 Å². The molecule has 0 fully saturated rings. The summed E-state index contributed by atoms with van der Waals surface area (Å²) in [6.45, 7) is 0. The van der Waals surface area contributed by atoms with Crippen molar-refractivity contribution in [2.24, 2.45) is 0 Å². The topological polar surface area (TPSA) is 64.0 Å². The van der Waals surface area contributed by atoms with Gasteiger partial charge in [-0.05, 0) is 35.4 Å². The van der Waals surface area contributed by atoms with Crippen molar-refractivity contribution in [1.82, 2.24) is 9.66 Å². The van der Waals surface area contributed by atoms with Crippen LogP contribution in [-0.4, -0.2) is 15.6 Å². The van der Waals surface area contributed by atoms with Gasteiger partial charge in [-0.3, -0.25) is 15.0 Å². The average molecular weight is 419 g/mol. The van der Waals surface area contributed by atoms with Gasteiger partial charge < -0.3 is 0 Å². The lowest BCUT2D eigenvalue weighted by atomic mass is 10.1. The van der Waals surface area contributed by atoms with Crippen LogP contribution in [0.2, 0.25) is 0 Å². The fraction of sp³-hybridized carbons (Fsp3) is 0.0870. The standard InChI is InChI=1S/C23H18FN3O2S/c24-18-10-6-9-17(13-18)15-30-23-25-20-12-5-4-11-19(20)22(29)27(23)26-21(28)14-16-7-2-1-3-8-16/h1-13H,14-15H2,(H,26,28). The van der Waals surface area contributed by atoms with Gasteiger partial charge in [-0.15, -0.1) is 0 Å². The van der Waals surface area contributed by atoms with E-state index in [4.69, 9.17) is 0 Å². The minimum atomic E-state index is -0.358. The zero-order chi connectivity index (χ0) is 20.9. The van der Waals surface area contributed by atoms with Crippen LogP contribution in [0.4, 0.5) is 4.39 Å². The first-order valence-corrected chi connectivity index (χ1v) is 10.3. The van der Waals surface area contributed by atoms with Gasteiger partial charge >= 0.3 is 0 Å². The SMILES string of the molecule is O=C(Cc1ccccc1)Nn1c(SCc2cccc(F)c2)nc2ccccc2c1=O. The molecule has 150 valence electrons. The van der Waals surface area contributed by atoms with Gasteiger partial charge in [0.1, 0.15) is 5.82 Å². The highest BCUT2D eigenvalue weighted by molar-refractivity contribution is 7.98. The monoisotopic (exact) mass is 419 g/mol. The number of rotatable bonds is 6. The van der Waals surface area contributed by atoms with Crippen molar-refractivity contribution in [3.05, 3.63) is 106 Å². The van der Waals surface area contributed by atoms with Crippen molar-refractivity contribution >= 4 is 28.6 Å². The van der Waals surface area contributed by atoms with E-state index in [2.05, 4.69) is 10.4 Å². The molecule has 3 aromatic carbocycles. The molecular weight excluding hydrogens is 401 g/mol. The second kappa shape index (κ2) is 8.92. The zero-order valence-electron chi connectivity index (χ0n) is 15.9. The number of halogens is 1. The van der Waals surface area contributed by atoms with Crippen molar-refractivity contribution in [2.75, 3.05) is 5.43 Å². The summed E-state index contributed by atoms with van der Waals surface area (Å²) in [4.78, 5) is 30.2. The summed E-state index contributed by atoms with van der Waals surface area (Å²) in [5.74, 6) is -0.252. The molecule has 4 rings (SSSR count). The minimum absolute atomic E-state index is 0.133. The van der Waals surface area contributed by atoms with Crippen LogP contribution in [0.15, 0.2) is 88.8 Å². The van der Waals surface area contributed by atoms with Crippen molar-refractivity contribution in [2.45, 2.75) is 17.3 Å². The maximum absolute atomic E-state index is 13.5. The summed E-state index contributed by atoms with van der Waals surface area (Å²) in [7, 11) is 0. The van der Waals surface area contributed by atoms with E-state index in [0.29, 0.717) is 21.8 Å². The number of para-hydroxylation sites is 1. The van der Waals surface area contributed by atoms with Crippen LogP contribution in [0.1, 0.15) is 11.1 Å². The van der Waals surface area contributed by atoms with Gasteiger partial charge in [0.25, 0.3) is 5.56 Å². The van der Waals surface area contributed by atoms with E-state index in [0.717, 1.165) is 11.1 Å². The number of fused-ring (bicyclic) bond motifs is 1. The number of hydrogen-bond donors (Lipinski definition) is 1. The van der Waals surface area contributed by atoms with Crippen LogP contribution in [-0.2, 0) is 17.0 Å². The molecule has 4 aromatic rings. The molecule has 1 heterocycles. The molecule has 0 unspecified atom stereocenters. The number of hydrogen-bond acceptors (Lipinski definition) is 4. The van der Waals surface area contributed by atoms with E-state index in [-0.39, 0.29) is 23.7 Å². The summed E-state index contributed by atoms with van der Waals surface area (Å²) in [5.41, 5.74) is 4.45. The number of aromatic nitrogens is 2. The Hall–Kier alpha value is -3.45. The lowest BCUT2D eigenvalue weighted by Gasteiger charge is -2.14. The van der Waals surface area contributed by atoms with Crippen LogP contribution >= 0.6 is 11.8 Å². The molecule has 7 heteroatoms. The van der Waals surface area contributed by atoms with Gasteiger partial charge in [0.05, 0.1) is 17.3 Å². The fourth-order valence-corrected chi connectivity index (χ4v) is 3.92. The van der Waals surface area contributed by atoms with Crippen molar-refractivity contribution < 1.29 is 9.18 Å². The fourth-order valence-electron chi connectivity index (χ4n) is 3.03. The second-order valence-electron chi connectivity index (χ2n) is 6.67. The van der Waals surface area contributed by atoms with Gasteiger partial charge in [-0.1, -0.05) is 66.4 Å². The van der Waals surface area contributed by atoms with Gasteiger partial charge in [-0.2, -0.15) is 4.68 Å². The molecule has 0 aliphatic rings. The Morgan fingerprint density at radius 1 is 0.967 bits per heavy atom. The molecule has 0 saturated heterocycles. The normalized spacial score (nSPS) is 10.8. The summed E-state index contributed by atoms with van der Waals surface area (Å²) in [6.07, 6.45) is 0.133. The number of amides is 1. The maximum atomic E-state index is 13.5. The summed E-state index contributed by atoms with van der Waals surface area (Å²) in [6, 6.07) is 22.5. The third-order valence-corrected chi connectivity index (χ3v) is 5.46. The molecule has 0 aliphatic carbocycles. The quantitative estimate of drug-likeness (QED) is 0.377. The molecule has 0 atom stereocenters. The molecule has 0 bridgehead atoms. The van der Waals surface area contributed by atoms with E-state index in [9.17, 15) is 14.0 Å². The zero-order valence-corrected chi connectivity index (χ0v) is 16.7. The Morgan fingerprint density at radius 2 is 1.70 bits per heavy atom. The predicted octanol–water partition coefficient (Wildman–Crippen LogP) is 4.14. The van der Waals surface area contributed by atoms with Gasteiger partial charge in [0.2, 0.25) is 5.91 Å². The number of benzene rings is 3. The van der Waals surface area contributed by atoms with Crippen molar-refractivity contribution in [3.8, 4) is 0 Å². The Bertz CT molecular complexity index is 1260. The molecule has 0 aliphatic heterocycles. The van der Waals surface area contributed by atoms with Crippen LogP contribution in [0.3, 0.4) is 0 Å². The van der Waals surface area contributed by atoms with Gasteiger partial charge in [-0.25, -0.2) is 9.37 Å². The first kappa shape index (κ1) is 19.8. The molecule has 0 radical (unpaired) electrons. The first-order valence-electron chi connectivity index (χ1n) is 9.33. The number of nitrogens with one attached hydrogen (secondary N) is 1. The van der Waals surface area contributed by atoms with Crippen molar-refractivity contribution in [3.63, 3.8) is 0 Å². The molecule has 30 heavy (non-hydrogen) atoms. The Morgan fingerprint density at radius 3 is 2.50 bits per heavy atom. The second-order valence-corrected chi connectivity index (χ2v) is 7.61. The highest BCUT2D eigenvalue weighted by Crippen LogP contribution is 2.22. The van der Waals surface area contributed by atoms with Gasteiger partial charge in [0, 0.05) is 5.75 Å². The highest BCUT2D eigenvalue weighted by atomic mass is 32.2. The number of nitrogens with zero attached hydrogens (tertiary/aromatic N) is 2. The molecule has 0 saturated carbocycles. The molecule has 5 nitrogen and oxygen atoms in total. The summed E-state index contributed by atoms with van der Waals surface area (Å²) < 4.78 is 14.7. The first-order chi connectivity index (χ1) is 14.6. The molecular formula is C23H18FN3O2S. The van der Waals surface area contributed by atoms with E-state index in [1.165, 1.54) is 28.6 Å². The van der Waals surface area contributed by atoms with E-state index in [1.54, 1.807) is 36.4 Å². The van der Waals surface area contributed by atoms with E-state index >= 15 is 0 Å². The minimum Gasteiger partial charge on any atom is -0.273 e. The van der Waals surface area contributed by atoms with E-state index in [1.807, 2.05) is 30.3 Å². The lowest BCUT2D eigenvalue weighted by Crippen LogP contribution is -2.35. The average Bonchev–Trinajstić information content (AvgIpc) is 2.75. The number of carbonyl (C=O) groups excluding carboxylic acids is 1. The summed E-state index contributed by atoms with van der Waals surface area (Å²) in [5, 5.41) is 0.747. The largest absolute Gasteiger partial charge is 0.281 e.